The van der Waals surface area contributed by atoms with E-state index in [1.165, 1.54) is 43.5 Å². The minimum atomic E-state index is -0.712. The quantitative estimate of drug-likeness (QED) is 0.150. The molecule has 0 unspecified atom stereocenters. The van der Waals surface area contributed by atoms with Crippen LogP contribution >= 0.6 is 15.8 Å². The first-order valence-corrected chi connectivity index (χ1v) is 18.4. The van der Waals surface area contributed by atoms with Gasteiger partial charge in [0.2, 0.25) is 0 Å². The predicted octanol–water partition coefficient (Wildman–Crippen LogP) is 9.58. The lowest BCUT2D eigenvalue weighted by molar-refractivity contribution is 1.01. The van der Waals surface area contributed by atoms with E-state index in [1.807, 2.05) is 0 Å². The zero-order valence-corrected chi connectivity index (χ0v) is 27.0. The predicted molar refractivity (Wildman–Crippen MR) is 197 cm³/mol. The highest BCUT2D eigenvalue weighted by atomic mass is 31.1. The molecule has 0 nitrogen and oxygen atoms in total. The second kappa shape index (κ2) is 12.6. The molecule has 2 heteroatoms. The number of fused-ring (bicyclic) bond motifs is 2. The Morgan fingerprint density at radius 1 is 0.333 bits per heavy atom. The average molecular weight is 613 g/mol. The van der Waals surface area contributed by atoms with Crippen molar-refractivity contribution in [2.75, 3.05) is 0 Å². The third kappa shape index (κ3) is 5.44. The van der Waals surface area contributed by atoms with Crippen molar-refractivity contribution in [1.29, 1.82) is 0 Å². The summed E-state index contributed by atoms with van der Waals surface area (Å²) in [5.74, 6) is 0. The molecule has 0 spiro atoms. The van der Waals surface area contributed by atoms with Crippen molar-refractivity contribution in [2.45, 2.75) is 19.3 Å². The van der Waals surface area contributed by atoms with E-state index in [2.05, 4.69) is 170 Å². The lowest BCUT2D eigenvalue weighted by Gasteiger charge is -2.25. The summed E-state index contributed by atoms with van der Waals surface area (Å²) in [6.07, 6.45) is 3.04. The highest BCUT2D eigenvalue weighted by Gasteiger charge is 2.34. The van der Waals surface area contributed by atoms with Gasteiger partial charge in [-0.05, 0) is 89.2 Å². The Morgan fingerprint density at radius 2 is 0.622 bits per heavy atom. The summed E-state index contributed by atoms with van der Waals surface area (Å²) in [6, 6.07) is 63.2. The maximum atomic E-state index is 2.37. The monoisotopic (exact) mass is 612 g/mol. The van der Waals surface area contributed by atoms with Crippen LogP contribution in [0.3, 0.4) is 0 Å². The minimum Gasteiger partial charge on any atom is -0.0622 e. The summed E-state index contributed by atoms with van der Waals surface area (Å²) in [7, 11) is -1.42. The largest absolute Gasteiger partial charge is 0.0622 e. The molecule has 2 aliphatic carbocycles. The number of rotatable bonds is 8. The molecule has 0 fully saturated rings. The molecule has 8 rings (SSSR count). The molecule has 0 N–H and O–H groups in total. The number of hydrogen-bond acceptors (Lipinski definition) is 0. The van der Waals surface area contributed by atoms with Crippen LogP contribution < -0.4 is 21.2 Å². The van der Waals surface area contributed by atoms with Crippen LogP contribution in [0.2, 0.25) is 0 Å². The van der Waals surface area contributed by atoms with Crippen LogP contribution in [-0.4, -0.2) is 0 Å². The molecule has 45 heavy (non-hydrogen) atoms. The third-order valence-corrected chi connectivity index (χ3v) is 14.2. The summed E-state index contributed by atoms with van der Waals surface area (Å²) in [5, 5.41) is 8.80. The summed E-state index contributed by atoms with van der Waals surface area (Å²) in [6.45, 7) is 0. The van der Waals surface area contributed by atoms with Crippen LogP contribution in [0.4, 0.5) is 0 Å². The number of benzene rings is 6. The van der Waals surface area contributed by atoms with Crippen LogP contribution in [0.15, 0.2) is 181 Å². The van der Waals surface area contributed by atoms with E-state index < -0.39 is 15.8 Å². The maximum absolute atomic E-state index is 2.37. The van der Waals surface area contributed by atoms with E-state index in [4.69, 9.17) is 0 Å². The molecule has 0 atom stereocenters. The van der Waals surface area contributed by atoms with Gasteiger partial charge in [0.15, 0.2) is 0 Å². The van der Waals surface area contributed by atoms with Crippen molar-refractivity contribution in [3.8, 4) is 0 Å². The Morgan fingerprint density at radius 3 is 0.956 bits per heavy atom. The SMILES string of the molecule is c1ccc(P(C2=C(CC3=C(P(c4ccccc4)c4ccccc4)c4ccccc4C3)Cc3ccccc32)c2ccccc2)cc1. The van der Waals surface area contributed by atoms with Gasteiger partial charge < -0.3 is 0 Å². The third-order valence-electron chi connectivity index (χ3n) is 8.95. The van der Waals surface area contributed by atoms with E-state index in [1.54, 1.807) is 21.8 Å². The molecule has 0 saturated heterocycles. The molecule has 0 aliphatic heterocycles. The molecule has 0 amide bonds. The highest BCUT2D eigenvalue weighted by Crippen LogP contribution is 2.59. The van der Waals surface area contributed by atoms with Gasteiger partial charge in [-0.3, -0.25) is 0 Å². The van der Waals surface area contributed by atoms with Gasteiger partial charge in [-0.2, -0.15) is 0 Å². The molecule has 0 aromatic heterocycles. The zero-order valence-electron chi connectivity index (χ0n) is 25.2. The molecular weight excluding hydrogens is 578 g/mol. The Hall–Kier alpha value is -4.34. The molecule has 0 radical (unpaired) electrons. The van der Waals surface area contributed by atoms with E-state index in [0.717, 1.165) is 19.3 Å². The summed E-state index contributed by atoms with van der Waals surface area (Å²) < 4.78 is 0. The fraction of sp³-hybridized carbons (Fsp3) is 0.0698. The van der Waals surface area contributed by atoms with Crippen LogP contribution in [0.5, 0.6) is 0 Å². The van der Waals surface area contributed by atoms with Gasteiger partial charge in [-0.1, -0.05) is 181 Å². The van der Waals surface area contributed by atoms with Crippen molar-refractivity contribution < 1.29 is 0 Å². The topological polar surface area (TPSA) is 0 Å². The fourth-order valence-corrected chi connectivity index (χ4v) is 12.4. The second-order valence-electron chi connectivity index (χ2n) is 11.8. The lowest BCUT2D eigenvalue weighted by Crippen LogP contribution is -2.13. The summed E-state index contributed by atoms with van der Waals surface area (Å²) >= 11 is 0. The van der Waals surface area contributed by atoms with Crippen LogP contribution in [0, 0.1) is 0 Å². The Kier molecular flexibility index (Phi) is 7.87. The minimum absolute atomic E-state index is 0.712. The normalized spacial score (nSPS) is 13.9. The van der Waals surface area contributed by atoms with Crippen LogP contribution in [0.1, 0.15) is 28.7 Å². The molecule has 2 aliphatic rings. The van der Waals surface area contributed by atoms with Gasteiger partial charge >= 0.3 is 0 Å². The van der Waals surface area contributed by atoms with Gasteiger partial charge in [-0.25, -0.2) is 0 Å². The van der Waals surface area contributed by atoms with Crippen molar-refractivity contribution >= 4 is 47.7 Å². The van der Waals surface area contributed by atoms with Gasteiger partial charge in [0.25, 0.3) is 0 Å². The van der Waals surface area contributed by atoms with Crippen molar-refractivity contribution in [2.24, 2.45) is 0 Å². The van der Waals surface area contributed by atoms with Gasteiger partial charge in [0.05, 0.1) is 0 Å². The zero-order chi connectivity index (χ0) is 30.0. The fourth-order valence-electron chi connectivity index (χ4n) is 7.05. The standard InChI is InChI=1S/C43H34P2/c1-5-19-36(20-6-1)44(37-21-7-2-8-22-37)42-34(29-32-17-13-15-27-40(32)42)31-35-30-33-18-14-16-28-41(33)43(35)45(38-23-9-3-10-24-38)39-25-11-4-12-26-39/h1-28H,29-31H2. The second-order valence-corrected chi connectivity index (χ2v) is 16.1. The maximum Gasteiger partial charge on any atom is -0.00478 e. The number of hydrogen-bond donors (Lipinski definition) is 0. The lowest BCUT2D eigenvalue weighted by atomic mass is 10.0. The Labute approximate surface area is 269 Å². The first kappa shape index (κ1) is 28.2. The van der Waals surface area contributed by atoms with E-state index in [9.17, 15) is 0 Å². The van der Waals surface area contributed by atoms with Gasteiger partial charge in [-0.15, -0.1) is 0 Å². The highest BCUT2D eigenvalue weighted by molar-refractivity contribution is 7.82. The Bertz CT molecular complexity index is 1780. The average Bonchev–Trinajstić information content (AvgIpc) is 3.65. The smallest absolute Gasteiger partial charge is 0.00478 e. The summed E-state index contributed by atoms with van der Waals surface area (Å²) in [5.41, 5.74) is 8.99. The molecule has 0 heterocycles. The molecule has 216 valence electrons. The van der Waals surface area contributed by atoms with E-state index in [0.29, 0.717) is 0 Å². The van der Waals surface area contributed by atoms with Crippen molar-refractivity contribution in [3.05, 3.63) is 203 Å². The van der Waals surface area contributed by atoms with Gasteiger partial charge in [0, 0.05) is 0 Å². The van der Waals surface area contributed by atoms with Crippen LogP contribution in [0.25, 0.3) is 10.6 Å². The molecule has 0 bridgehead atoms. The van der Waals surface area contributed by atoms with E-state index in [-0.39, 0.29) is 0 Å². The Balaban J connectivity index is 1.34. The number of allylic oxidation sites excluding steroid dienone is 2. The van der Waals surface area contributed by atoms with E-state index >= 15 is 0 Å². The molecular formula is C43H34P2. The molecule has 6 aromatic rings. The van der Waals surface area contributed by atoms with Crippen LogP contribution in [-0.2, 0) is 12.8 Å². The molecule has 0 saturated carbocycles. The van der Waals surface area contributed by atoms with Crippen molar-refractivity contribution in [1.82, 2.24) is 0 Å². The first-order valence-electron chi connectivity index (χ1n) is 15.8. The summed E-state index contributed by atoms with van der Waals surface area (Å²) in [4.78, 5) is 0. The first-order chi connectivity index (χ1) is 22.3. The van der Waals surface area contributed by atoms with Gasteiger partial charge in [0.1, 0.15) is 0 Å². The molecule has 6 aromatic carbocycles. The van der Waals surface area contributed by atoms with Crippen molar-refractivity contribution in [3.63, 3.8) is 0 Å².